The molecule has 1 aromatic carbocycles. The molecule has 0 aromatic heterocycles. The zero-order valence-electron chi connectivity index (χ0n) is 12.7. The standard InChI is InChI=1S/C16H18Cl2N2O3/c1-19-16(23)8-4-10-5-9(7-20(10)13(22)6-8)14-12(21)3-2-11(17)15(14)18/h2-3,8-10,21H,4-7H2,1H3,(H,19,23)/t8?,9-,10+/m0/s1. The van der Waals surface area contributed by atoms with Gasteiger partial charge in [-0.05, 0) is 25.0 Å². The fourth-order valence-electron chi connectivity index (χ4n) is 3.74. The van der Waals surface area contributed by atoms with Crippen molar-refractivity contribution in [3.05, 3.63) is 27.7 Å². The van der Waals surface area contributed by atoms with E-state index in [0.717, 1.165) is 0 Å². The minimum atomic E-state index is -0.282. The van der Waals surface area contributed by atoms with E-state index >= 15 is 0 Å². The number of halogens is 2. The van der Waals surface area contributed by atoms with Crippen LogP contribution < -0.4 is 5.32 Å². The molecule has 2 fully saturated rings. The Bertz CT molecular complexity index is 665. The van der Waals surface area contributed by atoms with Crippen LogP contribution in [0, 0.1) is 5.92 Å². The number of aromatic hydroxyl groups is 1. The number of piperidine rings is 1. The summed E-state index contributed by atoms with van der Waals surface area (Å²) in [5.41, 5.74) is 0.595. The van der Waals surface area contributed by atoms with Crippen LogP contribution in [-0.2, 0) is 9.59 Å². The largest absolute Gasteiger partial charge is 0.508 e. The molecule has 2 aliphatic heterocycles. The molecule has 0 spiro atoms. The van der Waals surface area contributed by atoms with Gasteiger partial charge >= 0.3 is 0 Å². The van der Waals surface area contributed by atoms with Gasteiger partial charge in [-0.3, -0.25) is 9.59 Å². The summed E-state index contributed by atoms with van der Waals surface area (Å²) in [4.78, 5) is 26.0. The fourth-order valence-corrected chi connectivity index (χ4v) is 4.22. The Hall–Kier alpha value is -1.46. The smallest absolute Gasteiger partial charge is 0.223 e. The van der Waals surface area contributed by atoms with E-state index in [4.69, 9.17) is 23.2 Å². The molecular formula is C16H18Cl2N2O3. The van der Waals surface area contributed by atoms with Crippen LogP contribution in [0.4, 0.5) is 0 Å². The van der Waals surface area contributed by atoms with Gasteiger partial charge in [0, 0.05) is 43.5 Å². The van der Waals surface area contributed by atoms with Gasteiger partial charge in [0.05, 0.1) is 10.0 Å². The summed E-state index contributed by atoms with van der Waals surface area (Å²) >= 11 is 12.3. The minimum absolute atomic E-state index is 0.00185. The second kappa shape index (κ2) is 6.21. The van der Waals surface area contributed by atoms with Gasteiger partial charge in [0.15, 0.2) is 0 Å². The van der Waals surface area contributed by atoms with Crippen molar-refractivity contribution in [2.75, 3.05) is 13.6 Å². The van der Waals surface area contributed by atoms with E-state index < -0.39 is 0 Å². The van der Waals surface area contributed by atoms with Crippen LogP contribution in [0.3, 0.4) is 0 Å². The lowest BCUT2D eigenvalue weighted by molar-refractivity contribution is -0.141. The summed E-state index contributed by atoms with van der Waals surface area (Å²) in [6.45, 7) is 0.498. The van der Waals surface area contributed by atoms with Crippen molar-refractivity contribution in [3.63, 3.8) is 0 Å². The van der Waals surface area contributed by atoms with Gasteiger partial charge in [-0.1, -0.05) is 23.2 Å². The Labute approximate surface area is 144 Å². The summed E-state index contributed by atoms with van der Waals surface area (Å²) in [5.74, 6) is -0.367. The molecule has 5 nitrogen and oxygen atoms in total. The Morgan fingerprint density at radius 3 is 2.78 bits per heavy atom. The number of phenolic OH excluding ortho intramolecular Hbond substituents is 1. The predicted molar refractivity (Wildman–Crippen MR) is 87.8 cm³/mol. The van der Waals surface area contributed by atoms with Crippen LogP contribution in [0.2, 0.25) is 10.0 Å². The van der Waals surface area contributed by atoms with Crippen LogP contribution >= 0.6 is 23.2 Å². The number of fused-ring (bicyclic) bond motifs is 1. The van der Waals surface area contributed by atoms with Crippen molar-refractivity contribution >= 4 is 35.0 Å². The normalized spacial score (nSPS) is 27.0. The van der Waals surface area contributed by atoms with E-state index in [1.54, 1.807) is 18.0 Å². The fraction of sp³-hybridized carbons (Fsp3) is 0.500. The molecule has 0 bridgehead atoms. The van der Waals surface area contributed by atoms with Gasteiger partial charge in [0.2, 0.25) is 11.8 Å². The molecule has 2 heterocycles. The molecule has 1 unspecified atom stereocenters. The second-order valence-electron chi connectivity index (χ2n) is 6.18. The van der Waals surface area contributed by atoms with E-state index in [9.17, 15) is 14.7 Å². The highest BCUT2D eigenvalue weighted by molar-refractivity contribution is 6.42. The SMILES string of the molecule is CNC(=O)C1CC(=O)N2C[C@@H](c3c(O)ccc(Cl)c3Cl)C[C@H]2C1. The summed E-state index contributed by atoms with van der Waals surface area (Å²) in [6, 6.07) is 3.08. The lowest BCUT2D eigenvalue weighted by Crippen LogP contribution is -2.46. The van der Waals surface area contributed by atoms with Gasteiger partial charge in [-0.2, -0.15) is 0 Å². The monoisotopic (exact) mass is 356 g/mol. The number of nitrogens with zero attached hydrogens (tertiary/aromatic N) is 1. The molecule has 2 aliphatic rings. The zero-order chi connectivity index (χ0) is 16.7. The topological polar surface area (TPSA) is 69.6 Å². The summed E-state index contributed by atoms with van der Waals surface area (Å²) in [7, 11) is 1.58. The Morgan fingerprint density at radius 2 is 2.09 bits per heavy atom. The number of hydrogen-bond acceptors (Lipinski definition) is 3. The molecule has 3 rings (SSSR count). The van der Waals surface area contributed by atoms with Crippen LogP contribution in [0.25, 0.3) is 0 Å². The van der Waals surface area contributed by atoms with Gasteiger partial charge < -0.3 is 15.3 Å². The van der Waals surface area contributed by atoms with Crippen molar-refractivity contribution in [2.24, 2.45) is 5.92 Å². The van der Waals surface area contributed by atoms with Gasteiger partial charge in [-0.25, -0.2) is 0 Å². The van der Waals surface area contributed by atoms with Crippen LogP contribution in [0.15, 0.2) is 12.1 Å². The van der Waals surface area contributed by atoms with Gasteiger partial charge in [0.25, 0.3) is 0 Å². The first-order chi connectivity index (χ1) is 10.9. The van der Waals surface area contributed by atoms with Crippen molar-refractivity contribution in [1.29, 1.82) is 0 Å². The first-order valence-corrected chi connectivity index (χ1v) is 8.35. The lowest BCUT2D eigenvalue weighted by atomic mass is 9.88. The zero-order valence-corrected chi connectivity index (χ0v) is 14.2. The highest BCUT2D eigenvalue weighted by Crippen LogP contribution is 2.45. The van der Waals surface area contributed by atoms with E-state index in [1.165, 1.54) is 6.07 Å². The molecule has 0 saturated carbocycles. The third-order valence-electron chi connectivity index (χ3n) is 4.85. The number of amides is 2. The summed E-state index contributed by atoms with van der Waals surface area (Å²) < 4.78 is 0. The van der Waals surface area contributed by atoms with E-state index in [0.29, 0.717) is 35.0 Å². The number of carbonyl (C=O) groups is 2. The van der Waals surface area contributed by atoms with Crippen LogP contribution in [0.1, 0.15) is 30.7 Å². The average molecular weight is 357 g/mol. The van der Waals surface area contributed by atoms with Crippen molar-refractivity contribution in [2.45, 2.75) is 31.2 Å². The van der Waals surface area contributed by atoms with E-state index in [-0.39, 0.29) is 41.9 Å². The molecule has 7 heteroatoms. The van der Waals surface area contributed by atoms with Gasteiger partial charge in [-0.15, -0.1) is 0 Å². The molecule has 1 aromatic rings. The number of hydrogen-bond donors (Lipinski definition) is 2. The first kappa shape index (κ1) is 16.4. The highest BCUT2D eigenvalue weighted by Gasteiger charge is 2.44. The van der Waals surface area contributed by atoms with Crippen molar-refractivity contribution in [1.82, 2.24) is 10.2 Å². The maximum Gasteiger partial charge on any atom is 0.223 e. The number of benzene rings is 1. The Kier molecular flexibility index (Phi) is 4.43. The number of carbonyl (C=O) groups excluding carboxylic acids is 2. The Morgan fingerprint density at radius 1 is 1.35 bits per heavy atom. The van der Waals surface area contributed by atoms with Gasteiger partial charge in [0.1, 0.15) is 5.75 Å². The van der Waals surface area contributed by atoms with Crippen LogP contribution in [0.5, 0.6) is 5.75 Å². The number of rotatable bonds is 2. The highest BCUT2D eigenvalue weighted by atomic mass is 35.5. The minimum Gasteiger partial charge on any atom is -0.508 e. The molecule has 2 saturated heterocycles. The third-order valence-corrected chi connectivity index (χ3v) is 5.67. The molecule has 2 N–H and O–H groups in total. The quantitative estimate of drug-likeness (QED) is 0.855. The lowest BCUT2D eigenvalue weighted by Gasteiger charge is -2.33. The molecule has 0 radical (unpaired) electrons. The molecule has 3 atom stereocenters. The molecule has 0 aliphatic carbocycles. The average Bonchev–Trinajstić information content (AvgIpc) is 2.94. The summed E-state index contributed by atoms with van der Waals surface area (Å²) in [6.07, 6.45) is 1.55. The number of nitrogens with one attached hydrogen (secondary N) is 1. The second-order valence-corrected chi connectivity index (χ2v) is 6.96. The van der Waals surface area contributed by atoms with Crippen molar-refractivity contribution < 1.29 is 14.7 Å². The molecule has 2 amide bonds. The number of phenols is 1. The first-order valence-electron chi connectivity index (χ1n) is 7.60. The van der Waals surface area contributed by atoms with E-state index in [2.05, 4.69) is 5.32 Å². The van der Waals surface area contributed by atoms with Crippen LogP contribution in [-0.4, -0.2) is 41.5 Å². The third kappa shape index (κ3) is 2.88. The Balaban J connectivity index is 1.85. The van der Waals surface area contributed by atoms with Crippen molar-refractivity contribution in [3.8, 4) is 5.75 Å². The maximum atomic E-state index is 12.3. The molecule has 124 valence electrons. The molecular weight excluding hydrogens is 339 g/mol. The van der Waals surface area contributed by atoms with E-state index in [1.807, 2.05) is 0 Å². The summed E-state index contributed by atoms with van der Waals surface area (Å²) in [5, 5.41) is 13.5. The predicted octanol–water partition coefficient (Wildman–Crippen LogP) is 2.54. The maximum absolute atomic E-state index is 12.3. The molecule has 23 heavy (non-hydrogen) atoms.